The lowest BCUT2D eigenvalue weighted by Crippen LogP contribution is -2.46. The van der Waals surface area contributed by atoms with Crippen LogP contribution in [0.3, 0.4) is 0 Å². The van der Waals surface area contributed by atoms with Gasteiger partial charge in [-0.05, 0) is 19.2 Å². The molecule has 0 bridgehead atoms. The molecule has 1 aromatic carbocycles. The van der Waals surface area contributed by atoms with Gasteiger partial charge in [0.1, 0.15) is 11.5 Å². The number of hydrogen-bond acceptors (Lipinski definition) is 3. The molecule has 1 fully saturated rings. The van der Waals surface area contributed by atoms with Gasteiger partial charge in [0.25, 0.3) is 0 Å². The van der Waals surface area contributed by atoms with E-state index in [1.165, 1.54) is 0 Å². The van der Waals surface area contributed by atoms with E-state index in [0.717, 1.165) is 25.4 Å². The third-order valence-electron chi connectivity index (χ3n) is 2.44. The van der Waals surface area contributed by atoms with Gasteiger partial charge in [-0.15, -0.1) is 0 Å². The molecule has 76 valence electrons. The highest BCUT2D eigenvalue weighted by Crippen LogP contribution is 2.20. The molecule has 0 atom stereocenters. The molecule has 1 aromatic rings. The number of ether oxygens (including phenoxy) is 1. The molecule has 2 rings (SSSR count). The summed E-state index contributed by atoms with van der Waals surface area (Å²) in [6.45, 7) is 2.96. The Bertz CT molecular complexity index is 308. The number of rotatable bonds is 3. The van der Waals surface area contributed by atoms with Crippen LogP contribution in [-0.4, -0.2) is 36.8 Å². The molecule has 0 aromatic heterocycles. The van der Waals surface area contributed by atoms with Crippen molar-refractivity contribution in [3.63, 3.8) is 0 Å². The first-order valence-electron chi connectivity index (χ1n) is 4.84. The molecule has 1 N–H and O–H groups in total. The van der Waals surface area contributed by atoms with Crippen molar-refractivity contribution in [1.29, 1.82) is 0 Å². The lowest BCUT2D eigenvalue weighted by molar-refractivity contribution is 0.0857. The molecule has 0 aliphatic carbocycles. The van der Waals surface area contributed by atoms with Gasteiger partial charge in [-0.2, -0.15) is 0 Å². The number of phenolic OH excluding ortho intramolecular Hbond substituents is 1. The second-order valence-electron chi connectivity index (χ2n) is 3.90. The van der Waals surface area contributed by atoms with Crippen LogP contribution in [0.25, 0.3) is 0 Å². The van der Waals surface area contributed by atoms with Crippen LogP contribution in [-0.2, 0) is 0 Å². The second kappa shape index (κ2) is 3.88. The minimum atomic E-state index is 0.258. The Morgan fingerprint density at radius 2 is 2.29 bits per heavy atom. The van der Waals surface area contributed by atoms with E-state index in [2.05, 4.69) is 11.9 Å². The first-order chi connectivity index (χ1) is 6.74. The van der Waals surface area contributed by atoms with Crippen molar-refractivity contribution in [3.8, 4) is 11.5 Å². The Morgan fingerprint density at radius 3 is 2.93 bits per heavy atom. The van der Waals surface area contributed by atoms with Crippen LogP contribution in [0.4, 0.5) is 0 Å². The summed E-state index contributed by atoms with van der Waals surface area (Å²) < 4.78 is 5.55. The summed E-state index contributed by atoms with van der Waals surface area (Å²) in [6.07, 6.45) is 0. The summed E-state index contributed by atoms with van der Waals surface area (Å²) in [6, 6.07) is 6.94. The van der Waals surface area contributed by atoms with Crippen LogP contribution in [0, 0.1) is 5.92 Å². The monoisotopic (exact) mass is 193 g/mol. The third-order valence-corrected chi connectivity index (χ3v) is 2.44. The highest BCUT2D eigenvalue weighted by atomic mass is 16.5. The second-order valence-corrected chi connectivity index (χ2v) is 3.90. The van der Waals surface area contributed by atoms with Crippen LogP contribution in [0.2, 0.25) is 0 Å². The fourth-order valence-electron chi connectivity index (χ4n) is 1.72. The molecule has 1 aliphatic rings. The minimum Gasteiger partial charge on any atom is -0.508 e. The van der Waals surface area contributed by atoms with E-state index in [1.807, 2.05) is 6.07 Å². The van der Waals surface area contributed by atoms with Crippen LogP contribution < -0.4 is 4.74 Å². The molecular formula is C11H15NO2. The Kier molecular flexibility index (Phi) is 2.59. The highest BCUT2D eigenvalue weighted by molar-refractivity contribution is 5.31. The molecular weight excluding hydrogens is 178 g/mol. The Balaban J connectivity index is 1.80. The van der Waals surface area contributed by atoms with Crippen molar-refractivity contribution in [2.45, 2.75) is 0 Å². The third kappa shape index (κ3) is 2.17. The number of phenols is 1. The molecule has 3 heteroatoms. The summed E-state index contributed by atoms with van der Waals surface area (Å²) in [5.41, 5.74) is 0. The van der Waals surface area contributed by atoms with Gasteiger partial charge in [0, 0.05) is 25.1 Å². The molecule has 0 saturated carbocycles. The molecule has 1 aliphatic heterocycles. The zero-order valence-electron chi connectivity index (χ0n) is 8.31. The van der Waals surface area contributed by atoms with E-state index in [1.54, 1.807) is 18.2 Å². The van der Waals surface area contributed by atoms with Gasteiger partial charge < -0.3 is 14.7 Å². The quantitative estimate of drug-likeness (QED) is 0.786. The lowest BCUT2D eigenvalue weighted by atomic mass is 10.0. The SMILES string of the molecule is CN1CC(COc2cccc(O)c2)C1. The minimum absolute atomic E-state index is 0.258. The number of hydrogen-bond donors (Lipinski definition) is 1. The topological polar surface area (TPSA) is 32.7 Å². The predicted octanol–water partition coefficient (Wildman–Crippen LogP) is 1.33. The first-order valence-corrected chi connectivity index (χ1v) is 4.84. The number of likely N-dealkylation sites (tertiary alicyclic amines) is 1. The van der Waals surface area contributed by atoms with Gasteiger partial charge in [-0.1, -0.05) is 6.07 Å². The Hall–Kier alpha value is -1.22. The summed E-state index contributed by atoms with van der Waals surface area (Å²) in [5, 5.41) is 9.20. The van der Waals surface area contributed by atoms with E-state index >= 15 is 0 Å². The van der Waals surface area contributed by atoms with Crippen molar-refractivity contribution < 1.29 is 9.84 Å². The van der Waals surface area contributed by atoms with E-state index in [0.29, 0.717) is 5.92 Å². The molecule has 1 heterocycles. The zero-order chi connectivity index (χ0) is 9.97. The zero-order valence-corrected chi connectivity index (χ0v) is 8.31. The van der Waals surface area contributed by atoms with Crippen molar-refractivity contribution in [1.82, 2.24) is 4.90 Å². The first kappa shape index (κ1) is 9.34. The summed E-state index contributed by atoms with van der Waals surface area (Å²) >= 11 is 0. The van der Waals surface area contributed by atoms with Crippen molar-refractivity contribution in [2.75, 3.05) is 26.7 Å². The average Bonchev–Trinajstić information content (AvgIpc) is 2.11. The maximum Gasteiger partial charge on any atom is 0.122 e. The standard InChI is InChI=1S/C11H15NO2/c1-12-6-9(7-12)8-14-11-4-2-3-10(13)5-11/h2-5,9,13H,6-8H2,1H3. The van der Waals surface area contributed by atoms with E-state index in [4.69, 9.17) is 4.74 Å². The lowest BCUT2D eigenvalue weighted by Gasteiger charge is -2.35. The molecule has 0 radical (unpaired) electrons. The van der Waals surface area contributed by atoms with Crippen LogP contribution in [0.15, 0.2) is 24.3 Å². The molecule has 14 heavy (non-hydrogen) atoms. The van der Waals surface area contributed by atoms with Gasteiger partial charge in [-0.25, -0.2) is 0 Å². The average molecular weight is 193 g/mol. The predicted molar refractivity (Wildman–Crippen MR) is 54.6 cm³/mol. The van der Waals surface area contributed by atoms with Gasteiger partial charge in [0.15, 0.2) is 0 Å². The van der Waals surface area contributed by atoms with Crippen molar-refractivity contribution in [3.05, 3.63) is 24.3 Å². The Labute approximate surface area is 83.9 Å². The summed E-state index contributed by atoms with van der Waals surface area (Å²) in [4.78, 5) is 2.26. The van der Waals surface area contributed by atoms with E-state index < -0.39 is 0 Å². The van der Waals surface area contributed by atoms with Crippen LogP contribution in [0.5, 0.6) is 11.5 Å². The number of aromatic hydroxyl groups is 1. The fraction of sp³-hybridized carbons (Fsp3) is 0.455. The van der Waals surface area contributed by atoms with Crippen LogP contribution >= 0.6 is 0 Å². The van der Waals surface area contributed by atoms with Crippen LogP contribution in [0.1, 0.15) is 0 Å². The summed E-state index contributed by atoms with van der Waals surface area (Å²) in [7, 11) is 2.10. The van der Waals surface area contributed by atoms with Gasteiger partial charge in [-0.3, -0.25) is 0 Å². The molecule has 0 unspecified atom stereocenters. The maximum atomic E-state index is 9.20. The number of benzene rings is 1. The van der Waals surface area contributed by atoms with Gasteiger partial charge in [0.2, 0.25) is 0 Å². The smallest absolute Gasteiger partial charge is 0.122 e. The highest BCUT2D eigenvalue weighted by Gasteiger charge is 2.23. The molecule has 0 amide bonds. The largest absolute Gasteiger partial charge is 0.508 e. The van der Waals surface area contributed by atoms with E-state index in [-0.39, 0.29) is 5.75 Å². The fourth-order valence-corrected chi connectivity index (χ4v) is 1.72. The van der Waals surface area contributed by atoms with Gasteiger partial charge in [0.05, 0.1) is 6.61 Å². The summed E-state index contributed by atoms with van der Waals surface area (Å²) in [5.74, 6) is 1.65. The maximum absolute atomic E-state index is 9.20. The molecule has 1 saturated heterocycles. The van der Waals surface area contributed by atoms with E-state index in [9.17, 15) is 5.11 Å². The molecule has 0 spiro atoms. The Morgan fingerprint density at radius 1 is 1.50 bits per heavy atom. The van der Waals surface area contributed by atoms with Crippen molar-refractivity contribution in [2.24, 2.45) is 5.92 Å². The van der Waals surface area contributed by atoms with Gasteiger partial charge >= 0.3 is 0 Å². The normalized spacial score (nSPS) is 17.8. The van der Waals surface area contributed by atoms with Crippen molar-refractivity contribution >= 4 is 0 Å². The molecule has 3 nitrogen and oxygen atoms in total. The number of nitrogens with zero attached hydrogens (tertiary/aromatic N) is 1.